The summed E-state index contributed by atoms with van der Waals surface area (Å²) in [6, 6.07) is 9.86. The van der Waals surface area contributed by atoms with Crippen molar-refractivity contribution in [3.05, 3.63) is 59.4 Å². The number of methoxy groups -OCH3 is 1. The monoisotopic (exact) mass is 427 g/mol. The maximum absolute atomic E-state index is 13.4. The van der Waals surface area contributed by atoms with Gasteiger partial charge in [-0.05, 0) is 36.8 Å². The van der Waals surface area contributed by atoms with Crippen LogP contribution < -0.4 is 10.1 Å². The van der Waals surface area contributed by atoms with Crippen LogP contribution in [-0.4, -0.2) is 46.7 Å². The molecule has 3 rings (SSSR count). The molecule has 0 saturated carbocycles. The van der Waals surface area contributed by atoms with E-state index in [1.165, 1.54) is 20.1 Å². The summed E-state index contributed by atoms with van der Waals surface area (Å²) in [5.41, 5.74) is 1.05. The largest absolute Gasteiger partial charge is 0.496 e. The van der Waals surface area contributed by atoms with Gasteiger partial charge in [-0.1, -0.05) is 18.2 Å². The number of sulfone groups is 2. The molecule has 0 radical (unpaired) electrons. The van der Waals surface area contributed by atoms with Crippen molar-refractivity contribution in [2.45, 2.75) is 29.7 Å². The molecular weight excluding hydrogens is 405 g/mol. The number of ether oxygens (including phenoxy) is 1. The first-order valence-electron chi connectivity index (χ1n) is 8.70. The summed E-state index contributed by atoms with van der Waals surface area (Å²) in [6.45, 7) is 1.76. The van der Waals surface area contributed by atoms with E-state index in [1.807, 2.05) is 18.2 Å². The number of nitrogens with one attached hydrogen (secondary N) is 1. The fourth-order valence-electron chi connectivity index (χ4n) is 3.50. The van der Waals surface area contributed by atoms with E-state index in [-0.39, 0.29) is 22.8 Å². The van der Waals surface area contributed by atoms with E-state index in [1.54, 1.807) is 6.07 Å². The van der Waals surface area contributed by atoms with Gasteiger partial charge >= 0.3 is 0 Å². The lowest BCUT2D eigenvalue weighted by atomic mass is 10.1. The molecule has 2 aromatic carbocycles. The van der Waals surface area contributed by atoms with Gasteiger partial charge < -0.3 is 10.1 Å². The van der Waals surface area contributed by atoms with Crippen LogP contribution in [0.3, 0.4) is 0 Å². The van der Waals surface area contributed by atoms with Crippen molar-refractivity contribution in [3.63, 3.8) is 0 Å². The number of halogens is 1. The summed E-state index contributed by atoms with van der Waals surface area (Å²) >= 11 is 0. The summed E-state index contributed by atoms with van der Waals surface area (Å²) < 4.78 is 69.4. The molecule has 1 fully saturated rings. The van der Waals surface area contributed by atoms with E-state index in [4.69, 9.17) is 4.74 Å². The molecule has 1 N–H and O–H groups in total. The molecule has 1 aliphatic heterocycles. The van der Waals surface area contributed by atoms with Crippen LogP contribution in [0, 0.1) is 12.7 Å². The molecule has 1 saturated heterocycles. The van der Waals surface area contributed by atoms with E-state index in [9.17, 15) is 21.2 Å². The van der Waals surface area contributed by atoms with Gasteiger partial charge in [0.2, 0.25) is 0 Å². The van der Waals surface area contributed by atoms with Crippen LogP contribution in [0.5, 0.6) is 5.75 Å². The van der Waals surface area contributed by atoms with Crippen LogP contribution in [-0.2, 0) is 26.2 Å². The van der Waals surface area contributed by atoms with Crippen LogP contribution in [0.1, 0.15) is 11.1 Å². The van der Waals surface area contributed by atoms with E-state index < -0.39 is 42.5 Å². The van der Waals surface area contributed by atoms with Gasteiger partial charge in [0, 0.05) is 18.2 Å². The minimum absolute atomic E-state index is 0.0416. The molecule has 0 unspecified atom stereocenters. The van der Waals surface area contributed by atoms with Crippen molar-refractivity contribution >= 4 is 19.7 Å². The molecule has 2 aromatic rings. The van der Waals surface area contributed by atoms with Crippen LogP contribution in [0.15, 0.2) is 47.4 Å². The molecule has 9 heteroatoms. The summed E-state index contributed by atoms with van der Waals surface area (Å²) in [4.78, 5) is -0.0416. The molecule has 0 amide bonds. The highest BCUT2D eigenvalue weighted by Gasteiger charge is 2.46. The first kappa shape index (κ1) is 20.8. The van der Waals surface area contributed by atoms with Crippen LogP contribution in [0.25, 0.3) is 0 Å². The topological polar surface area (TPSA) is 89.5 Å². The summed E-state index contributed by atoms with van der Waals surface area (Å²) in [7, 11) is -5.96. The second-order valence-corrected chi connectivity index (χ2v) is 11.2. The summed E-state index contributed by atoms with van der Waals surface area (Å²) in [5.74, 6) is -0.645. The fraction of sp³-hybridized carbons (Fsp3) is 0.368. The zero-order valence-electron chi connectivity index (χ0n) is 15.6. The second-order valence-electron chi connectivity index (χ2n) is 6.87. The Morgan fingerprint density at radius 2 is 1.89 bits per heavy atom. The van der Waals surface area contributed by atoms with Gasteiger partial charge in [-0.3, -0.25) is 0 Å². The average molecular weight is 428 g/mol. The van der Waals surface area contributed by atoms with Crippen molar-refractivity contribution in [2.75, 3.05) is 18.6 Å². The molecule has 28 heavy (non-hydrogen) atoms. The Labute approximate surface area is 164 Å². The summed E-state index contributed by atoms with van der Waals surface area (Å²) in [6.07, 6.45) is 0. The van der Waals surface area contributed by atoms with E-state index in [0.717, 1.165) is 17.7 Å². The third-order valence-corrected chi connectivity index (χ3v) is 9.20. The Morgan fingerprint density at radius 1 is 1.18 bits per heavy atom. The SMILES string of the molecule is COc1ccccc1CN[C@H]1CS(=O)(=O)C[C@@H]1S(=O)(=O)c1ccc(F)cc1C. The van der Waals surface area contributed by atoms with Crippen molar-refractivity contribution < 1.29 is 26.0 Å². The molecule has 1 aliphatic rings. The zero-order chi connectivity index (χ0) is 20.5. The number of benzene rings is 2. The molecule has 0 spiro atoms. The van der Waals surface area contributed by atoms with Crippen LogP contribution in [0.2, 0.25) is 0 Å². The van der Waals surface area contributed by atoms with E-state index >= 15 is 0 Å². The molecule has 152 valence electrons. The van der Waals surface area contributed by atoms with Gasteiger partial charge in [0.1, 0.15) is 11.6 Å². The normalized spacial score (nSPS) is 21.5. The highest BCUT2D eigenvalue weighted by molar-refractivity contribution is 7.96. The van der Waals surface area contributed by atoms with Crippen molar-refractivity contribution in [2.24, 2.45) is 0 Å². The molecule has 2 atom stereocenters. The molecule has 6 nitrogen and oxygen atoms in total. The minimum atomic E-state index is -3.97. The van der Waals surface area contributed by atoms with Crippen molar-refractivity contribution in [1.29, 1.82) is 0 Å². The van der Waals surface area contributed by atoms with Crippen molar-refractivity contribution in [3.8, 4) is 5.75 Å². The number of hydrogen-bond acceptors (Lipinski definition) is 6. The van der Waals surface area contributed by atoms with Gasteiger partial charge in [-0.25, -0.2) is 21.2 Å². The highest BCUT2D eigenvalue weighted by Crippen LogP contribution is 2.29. The summed E-state index contributed by atoms with van der Waals surface area (Å²) in [5, 5.41) is 1.93. The molecule has 0 bridgehead atoms. The Hall–Kier alpha value is -1.97. The lowest BCUT2D eigenvalue weighted by Gasteiger charge is -2.21. The third kappa shape index (κ3) is 4.21. The smallest absolute Gasteiger partial charge is 0.184 e. The fourth-order valence-corrected chi connectivity index (χ4v) is 8.44. The van der Waals surface area contributed by atoms with Gasteiger partial charge in [0.25, 0.3) is 0 Å². The van der Waals surface area contributed by atoms with E-state index in [2.05, 4.69) is 5.32 Å². The highest BCUT2D eigenvalue weighted by atomic mass is 32.2. The Kier molecular flexibility index (Phi) is 5.79. The Balaban J connectivity index is 1.90. The van der Waals surface area contributed by atoms with Crippen LogP contribution in [0.4, 0.5) is 4.39 Å². The zero-order valence-corrected chi connectivity index (χ0v) is 17.2. The first-order chi connectivity index (χ1) is 13.1. The standard InChI is InChI=1S/C19H22FNO5S2/c1-13-9-15(20)7-8-18(13)28(24,25)19-12-27(22,23)11-16(19)21-10-14-5-3-4-6-17(14)26-2/h3-9,16,19,21H,10-12H2,1-2H3/t16-,19-/m0/s1. The first-order valence-corrected chi connectivity index (χ1v) is 12.1. The number of hydrogen-bond donors (Lipinski definition) is 1. The molecule has 1 heterocycles. The molecular formula is C19H22FNO5S2. The second kappa shape index (κ2) is 7.81. The van der Waals surface area contributed by atoms with Gasteiger partial charge in [0.05, 0.1) is 28.8 Å². The minimum Gasteiger partial charge on any atom is -0.496 e. The predicted molar refractivity (Wildman–Crippen MR) is 104 cm³/mol. The molecule has 0 aromatic heterocycles. The lowest BCUT2D eigenvalue weighted by molar-refractivity contribution is 0.406. The third-order valence-electron chi connectivity index (χ3n) is 4.89. The quantitative estimate of drug-likeness (QED) is 0.708. The predicted octanol–water partition coefficient (Wildman–Crippen LogP) is 1.87. The Morgan fingerprint density at radius 3 is 2.57 bits per heavy atom. The number of para-hydroxylation sites is 1. The number of rotatable bonds is 6. The van der Waals surface area contributed by atoms with Gasteiger partial charge in [-0.15, -0.1) is 0 Å². The van der Waals surface area contributed by atoms with Gasteiger partial charge in [-0.2, -0.15) is 0 Å². The van der Waals surface area contributed by atoms with E-state index in [0.29, 0.717) is 5.75 Å². The maximum Gasteiger partial charge on any atom is 0.184 e. The maximum atomic E-state index is 13.4. The average Bonchev–Trinajstić information content (AvgIpc) is 2.95. The van der Waals surface area contributed by atoms with Crippen molar-refractivity contribution in [1.82, 2.24) is 5.32 Å². The molecule has 0 aliphatic carbocycles. The Bertz CT molecular complexity index is 1080. The number of aryl methyl sites for hydroxylation is 1. The van der Waals surface area contributed by atoms with Crippen LogP contribution >= 0.6 is 0 Å². The van der Waals surface area contributed by atoms with Gasteiger partial charge in [0.15, 0.2) is 19.7 Å². The lowest BCUT2D eigenvalue weighted by Crippen LogP contribution is -2.43.